The van der Waals surface area contributed by atoms with Crippen molar-refractivity contribution < 1.29 is 19.4 Å². The third kappa shape index (κ3) is 4.40. The Morgan fingerprint density at radius 2 is 2.06 bits per heavy atom. The van der Waals surface area contributed by atoms with Crippen molar-refractivity contribution >= 4 is 23.3 Å². The molecule has 182 valence electrons. The van der Waals surface area contributed by atoms with Crippen LogP contribution < -0.4 is 9.64 Å². The van der Waals surface area contributed by atoms with Gasteiger partial charge in [0.15, 0.2) is 0 Å². The van der Waals surface area contributed by atoms with Crippen LogP contribution in [-0.2, 0) is 16.6 Å². The molecule has 5 nitrogen and oxygen atoms in total. The van der Waals surface area contributed by atoms with Crippen LogP contribution in [0.25, 0.3) is 0 Å². The van der Waals surface area contributed by atoms with Crippen LogP contribution in [0.15, 0.2) is 36.4 Å². The topological polar surface area (TPSA) is 59.0 Å². The fourth-order valence-electron chi connectivity index (χ4n) is 5.73. The number of esters is 1. The number of aliphatic hydroxyl groups excluding tert-OH is 1. The third-order valence-corrected chi connectivity index (χ3v) is 8.09. The van der Waals surface area contributed by atoms with Crippen LogP contribution in [-0.4, -0.2) is 44.0 Å². The van der Waals surface area contributed by atoms with Crippen LogP contribution >= 0.6 is 11.6 Å². The lowest BCUT2D eigenvalue weighted by atomic mass is 9.73. The van der Waals surface area contributed by atoms with Gasteiger partial charge in [-0.05, 0) is 84.9 Å². The van der Waals surface area contributed by atoms with E-state index in [0.717, 1.165) is 55.2 Å². The van der Waals surface area contributed by atoms with Gasteiger partial charge in [-0.1, -0.05) is 31.5 Å². The van der Waals surface area contributed by atoms with Gasteiger partial charge in [0.2, 0.25) is 0 Å². The van der Waals surface area contributed by atoms with Crippen molar-refractivity contribution in [3.63, 3.8) is 0 Å². The molecule has 0 radical (unpaired) electrons. The van der Waals surface area contributed by atoms with Crippen LogP contribution in [0.3, 0.4) is 0 Å². The first-order valence-electron chi connectivity index (χ1n) is 12.5. The highest BCUT2D eigenvalue weighted by atomic mass is 35.5. The van der Waals surface area contributed by atoms with Gasteiger partial charge in [-0.2, -0.15) is 0 Å². The van der Waals surface area contributed by atoms with Crippen molar-refractivity contribution in [2.45, 2.75) is 44.9 Å². The fourth-order valence-corrected chi connectivity index (χ4v) is 5.92. The third-order valence-electron chi connectivity index (χ3n) is 7.86. The Labute approximate surface area is 207 Å². The lowest BCUT2D eigenvalue weighted by Crippen LogP contribution is -2.46. The molecule has 0 bridgehead atoms. The smallest absolute Gasteiger partial charge is 0.338 e. The highest BCUT2D eigenvalue weighted by molar-refractivity contribution is 6.30. The fraction of sp³-hybridized carbons (Fsp3) is 0.536. The molecule has 3 aliphatic rings. The second kappa shape index (κ2) is 9.43. The zero-order chi connectivity index (χ0) is 23.9. The van der Waals surface area contributed by atoms with E-state index in [4.69, 9.17) is 21.1 Å². The second-order valence-corrected chi connectivity index (χ2v) is 11.1. The first kappa shape index (κ1) is 23.5. The van der Waals surface area contributed by atoms with Crippen LogP contribution in [0, 0.1) is 17.8 Å². The molecule has 1 saturated carbocycles. The molecule has 2 aromatic carbocycles. The highest BCUT2D eigenvalue weighted by Gasteiger charge is 2.44. The van der Waals surface area contributed by atoms with E-state index in [1.54, 1.807) is 6.07 Å². The summed E-state index contributed by atoms with van der Waals surface area (Å²) in [5, 5.41) is 10.6. The predicted octanol–water partition coefficient (Wildman–Crippen LogP) is 5.25. The van der Waals surface area contributed by atoms with Gasteiger partial charge in [0, 0.05) is 30.1 Å². The Hall–Kier alpha value is -2.24. The van der Waals surface area contributed by atoms with E-state index in [-0.39, 0.29) is 23.9 Å². The number of aryl methyl sites for hydroxylation is 1. The minimum atomic E-state index is -0.298. The van der Waals surface area contributed by atoms with Crippen LogP contribution in [0.2, 0.25) is 5.02 Å². The van der Waals surface area contributed by atoms with Crippen molar-refractivity contribution in [1.29, 1.82) is 0 Å². The normalized spacial score (nSPS) is 25.4. The number of halogens is 1. The van der Waals surface area contributed by atoms with Gasteiger partial charge < -0.3 is 19.5 Å². The zero-order valence-electron chi connectivity index (χ0n) is 20.1. The van der Waals surface area contributed by atoms with E-state index in [9.17, 15) is 9.90 Å². The number of fused-ring (bicyclic) bond motifs is 3. The van der Waals surface area contributed by atoms with E-state index in [2.05, 4.69) is 17.0 Å². The Kier molecular flexibility index (Phi) is 6.51. The minimum Gasteiger partial charge on any atom is -0.490 e. The lowest BCUT2D eigenvalue weighted by molar-refractivity contribution is 0.0459. The van der Waals surface area contributed by atoms with Crippen molar-refractivity contribution in [1.82, 2.24) is 0 Å². The molecule has 2 aliphatic carbocycles. The minimum absolute atomic E-state index is 0.129. The van der Waals surface area contributed by atoms with Crippen LogP contribution in [0.5, 0.6) is 5.75 Å². The molecule has 0 unspecified atom stereocenters. The predicted molar refractivity (Wildman–Crippen MR) is 134 cm³/mol. The Balaban J connectivity index is 1.49. The van der Waals surface area contributed by atoms with E-state index < -0.39 is 0 Å². The van der Waals surface area contributed by atoms with Crippen molar-refractivity contribution in [2.75, 3.05) is 37.8 Å². The number of aliphatic hydroxyl groups is 1. The molecule has 1 spiro atoms. The standard InChI is InChI=1S/C28H34ClNO4/c1-18(2)15-33-27(32)20-5-8-26-25(12-20)30(13-21-3-4-22(21)14-31)16-28(17-34-26)10-9-19-11-23(29)6-7-24(19)28/h5-8,11-12,18,21-22,31H,3-4,9-10,13-17H2,1-2H3/t21-,22-,28-/m0/s1. The molecular weight excluding hydrogens is 450 g/mol. The molecule has 2 aromatic rings. The molecule has 3 atom stereocenters. The molecular formula is C28H34ClNO4. The van der Waals surface area contributed by atoms with Gasteiger partial charge in [0.05, 0.1) is 24.5 Å². The summed E-state index contributed by atoms with van der Waals surface area (Å²) in [7, 11) is 0. The Bertz CT molecular complexity index is 1070. The largest absolute Gasteiger partial charge is 0.490 e. The van der Waals surface area contributed by atoms with Crippen molar-refractivity contribution in [2.24, 2.45) is 17.8 Å². The maximum absolute atomic E-state index is 12.7. The number of anilines is 1. The van der Waals surface area contributed by atoms with Gasteiger partial charge >= 0.3 is 5.97 Å². The van der Waals surface area contributed by atoms with Gasteiger partial charge in [-0.25, -0.2) is 4.79 Å². The molecule has 6 heteroatoms. The summed E-state index contributed by atoms with van der Waals surface area (Å²) < 4.78 is 11.9. The highest BCUT2D eigenvalue weighted by Crippen LogP contribution is 2.47. The molecule has 0 saturated heterocycles. The summed E-state index contributed by atoms with van der Waals surface area (Å²) >= 11 is 6.29. The molecule has 0 aromatic heterocycles. The maximum Gasteiger partial charge on any atom is 0.338 e. The summed E-state index contributed by atoms with van der Waals surface area (Å²) in [5.74, 6) is 1.58. The Morgan fingerprint density at radius 3 is 2.79 bits per heavy atom. The molecule has 34 heavy (non-hydrogen) atoms. The zero-order valence-corrected chi connectivity index (χ0v) is 20.8. The van der Waals surface area contributed by atoms with Gasteiger partial charge in [-0.15, -0.1) is 0 Å². The second-order valence-electron chi connectivity index (χ2n) is 10.7. The van der Waals surface area contributed by atoms with E-state index in [1.165, 1.54) is 11.1 Å². The summed E-state index contributed by atoms with van der Waals surface area (Å²) in [4.78, 5) is 15.1. The number of hydrogen-bond acceptors (Lipinski definition) is 5. The summed E-state index contributed by atoms with van der Waals surface area (Å²) in [6.07, 6.45) is 4.18. The summed E-state index contributed by atoms with van der Waals surface area (Å²) in [5.41, 5.74) is 3.99. The van der Waals surface area contributed by atoms with E-state index in [1.807, 2.05) is 32.0 Å². The number of carbonyl (C=O) groups excluding carboxylic acids is 1. The number of benzene rings is 2. The van der Waals surface area contributed by atoms with Crippen LogP contribution in [0.4, 0.5) is 5.69 Å². The number of ether oxygens (including phenoxy) is 2. The van der Waals surface area contributed by atoms with Gasteiger partial charge in [-0.3, -0.25) is 0 Å². The molecule has 5 rings (SSSR count). The lowest BCUT2D eigenvalue weighted by Gasteiger charge is -2.42. The summed E-state index contributed by atoms with van der Waals surface area (Å²) in [6.45, 7) is 6.94. The quantitative estimate of drug-likeness (QED) is 0.568. The molecule has 1 heterocycles. The summed E-state index contributed by atoms with van der Waals surface area (Å²) in [6, 6.07) is 11.9. The van der Waals surface area contributed by atoms with Gasteiger partial charge in [0.25, 0.3) is 0 Å². The number of hydrogen-bond donors (Lipinski definition) is 1. The first-order valence-corrected chi connectivity index (χ1v) is 12.8. The molecule has 1 N–H and O–H groups in total. The van der Waals surface area contributed by atoms with Crippen LogP contribution in [0.1, 0.15) is 54.6 Å². The average molecular weight is 484 g/mol. The van der Waals surface area contributed by atoms with Gasteiger partial charge in [0.1, 0.15) is 5.75 Å². The molecule has 0 amide bonds. The number of carbonyl (C=O) groups is 1. The number of rotatable bonds is 6. The van der Waals surface area contributed by atoms with Crippen molar-refractivity contribution in [3.8, 4) is 5.75 Å². The first-order chi connectivity index (χ1) is 16.4. The van der Waals surface area contributed by atoms with E-state index in [0.29, 0.717) is 30.6 Å². The maximum atomic E-state index is 12.7. The van der Waals surface area contributed by atoms with Crippen molar-refractivity contribution in [3.05, 3.63) is 58.1 Å². The van der Waals surface area contributed by atoms with E-state index >= 15 is 0 Å². The monoisotopic (exact) mass is 483 g/mol. The average Bonchev–Trinajstić information content (AvgIpc) is 3.06. The number of nitrogens with zero attached hydrogens (tertiary/aromatic N) is 1. The SMILES string of the molecule is CC(C)COC(=O)c1ccc2c(c1)N(C[C@@H]1CC[C@H]1CO)C[C@@]1(CCc3cc(Cl)ccc31)CO2. The molecule has 1 aliphatic heterocycles. The molecule has 1 fully saturated rings. The Morgan fingerprint density at radius 1 is 1.24 bits per heavy atom.